The molecular weight excluding hydrogens is 321 g/mol. The molecular formula is C16H35Cl2N3O. The SMILES string of the molecule is CCN(CC)CCCC(C)NC(=O)C1CCCC(N)C1.Cl.Cl. The van der Waals surface area contributed by atoms with Crippen molar-refractivity contribution in [2.75, 3.05) is 19.6 Å². The summed E-state index contributed by atoms with van der Waals surface area (Å²) in [4.78, 5) is 14.6. The Kier molecular flexibility index (Phi) is 14.8. The standard InChI is InChI=1S/C16H33N3O.2ClH/c1-4-19(5-2)11-7-8-13(3)18-16(20)14-9-6-10-15(17)12-14;;/h13-15H,4-12,17H2,1-3H3,(H,18,20);2*1H. The molecule has 0 spiro atoms. The highest BCUT2D eigenvalue weighted by Crippen LogP contribution is 2.23. The van der Waals surface area contributed by atoms with Crippen LogP contribution in [-0.4, -0.2) is 42.5 Å². The lowest BCUT2D eigenvalue weighted by atomic mass is 9.85. The lowest BCUT2D eigenvalue weighted by Crippen LogP contribution is -2.41. The quantitative estimate of drug-likeness (QED) is 0.703. The van der Waals surface area contributed by atoms with Crippen LogP contribution in [0.1, 0.15) is 59.3 Å². The Balaban J connectivity index is 0. The van der Waals surface area contributed by atoms with E-state index in [4.69, 9.17) is 5.73 Å². The number of nitrogens with two attached hydrogens (primary N) is 1. The van der Waals surface area contributed by atoms with Gasteiger partial charge in [-0.1, -0.05) is 20.3 Å². The molecule has 1 aliphatic rings. The first kappa shape index (κ1) is 24.2. The number of nitrogens with zero attached hydrogens (tertiary/aromatic N) is 1. The summed E-state index contributed by atoms with van der Waals surface area (Å²) in [5, 5.41) is 3.17. The first-order chi connectivity index (χ1) is 9.56. The molecule has 0 radical (unpaired) electrons. The summed E-state index contributed by atoms with van der Waals surface area (Å²) < 4.78 is 0. The maximum absolute atomic E-state index is 12.2. The van der Waals surface area contributed by atoms with Gasteiger partial charge in [0.2, 0.25) is 5.91 Å². The molecule has 1 amide bonds. The van der Waals surface area contributed by atoms with Crippen molar-refractivity contribution in [3.63, 3.8) is 0 Å². The van der Waals surface area contributed by atoms with E-state index in [0.29, 0.717) is 0 Å². The highest BCUT2D eigenvalue weighted by molar-refractivity contribution is 5.85. The van der Waals surface area contributed by atoms with Crippen molar-refractivity contribution < 1.29 is 4.79 Å². The molecule has 0 aromatic rings. The van der Waals surface area contributed by atoms with Crippen LogP contribution in [0.2, 0.25) is 0 Å². The minimum absolute atomic E-state index is 0. The van der Waals surface area contributed by atoms with E-state index in [2.05, 4.69) is 31.0 Å². The van der Waals surface area contributed by atoms with E-state index in [1.165, 1.54) is 0 Å². The number of hydrogen-bond donors (Lipinski definition) is 2. The normalized spacial score (nSPS) is 22.4. The van der Waals surface area contributed by atoms with Gasteiger partial charge < -0.3 is 16.0 Å². The predicted octanol–water partition coefficient (Wildman–Crippen LogP) is 2.97. The van der Waals surface area contributed by atoms with Crippen molar-refractivity contribution >= 4 is 30.7 Å². The summed E-state index contributed by atoms with van der Waals surface area (Å²) in [6.45, 7) is 9.85. The fraction of sp³-hybridized carbons (Fsp3) is 0.938. The summed E-state index contributed by atoms with van der Waals surface area (Å²) in [6.07, 6.45) is 6.23. The maximum Gasteiger partial charge on any atom is 0.223 e. The van der Waals surface area contributed by atoms with Crippen LogP contribution >= 0.6 is 24.8 Å². The van der Waals surface area contributed by atoms with Crippen molar-refractivity contribution in [2.24, 2.45) is 11.7 Å². The third kappa shape index (κ3) is 9.19. The number of carbonyl (C=O) groups is 1. The van der Waals surface area contributed by atoms with E-state index in [1.807, 2.05) is 0 Å². The third-order valence-corrected chi connectivity index (χ3v) is 4.48. The second kappa shape index (κ2) is 13.4. The molecule has 1 aliphatic carbocycles. The maximum atomic E-state index is 12.2. The monoisotopic (exact) mass is 355 g/mol. The van der Waals surface area contributed by atoms with E-state index >= 15 is 0 Å². The first-order valence-corrected chi connectivity index (χ1v) is 8.35. The van der Waals surface area contributed by atoms with Crippen LogP contribution in [0.5, 0.6) is 0 Å². The fourth-order valence-electron chi connectivity index (χ4n) is 3.06. The van der Waals surface area contributed by atoms with Gasteiger partial charge in [0, 0.05) is 18.0 Å². The van der Waals surface area contributed by atoms with Crippen LogP contribution in [-0.2, 0) is 4.79 Å². The van der Waals surface area contributed by atoms with Crippen LogP contribution in [0, 0.1) is 5.92 Å². The average molecular weight is 356 g/mol. The topological polar surface area (TPSA) is 58.4 Å². The third-order valence-electron chi connectivity index (χ3n) is 4.48. The van der Waals surface area contributed by atoms with Crippen molar-refractivity contribution in [1.29, 1.82) is 0 Å². The van der Waals surface area contributed by atoms with Gasteiger partial charge in [-0.3, -0.25) is 4.79 Å². The van der Waals surface area contributed by atoms with E-state index in [1.54, 1.807) is 0 Å². The largest absolute Gasteiger partial charge is 0.353 e. The second-order valence-electron chi connectivity index (χ2n) is 6.20. The van der Waals surface area contributed by atoms with Crippen LogP contribution in [0.4, 0.5) is 0 Å². The molecule has 6 heteroatoms. The molecule has 0 saturated heterocycles. The molecule has 0 aromatic heterocycles. The summed E-state index contributed by atoms with van der Waals surface area (Å²) >= 11 is 0. The molecule has 3 N–H and O–H groups in total. The average Bonchev–Trinajstić information content (AvgIpc) is 2.43. The Labute approximate surface area is 148 Å². The summed E-state index contributed by atoms with van der Waals surface area (Å²) in [5.41, 5.74) is 5.95. The Morgan fingerprint density at radius 2 is 1.91 bits per heavy atom. The zero-order chi connectivity index (χ0) is 15.0. The van der Waals surface area contributed by atoms with Gasteiger partial charge >= 0.3 is 0 Å². The molecule has 3 unspecified atom stereocenters. The molecule has 22 heavy (non-hydrogen) atoms. The molecule has 0 heterocycles. The van der Waals surface area contributed by atoms with E-state index < -0.39 is 0 Å². The molecule has 4 nitrogen and oxygen atoms in total. The minimum Gasteiger partial charge on any atom is -0.353 e. The highest BCUT2D eigenvalue weighted by atomic mass is 35.5. The van der Waals surface area contributed by atoms with Gasteiger partial charge in [-0.05, 0) is 58.7 Å². The number of halogens is 2. The number of rotatable bonds is 8. The predicted molar refractivity (Wildman–Crippen MR) is 99.1 cm³/mol. The van der Waals surface area contributed by atoms with Gasteiger partial charge in [0.05, 0.1) is 0 Å². The summed E-state index contributed by atoms with van der Waals surface area (Å²) in [6, 6.07) is 0.494. The van der Waals surface area contributed by atoms with Gasteiger partial charge in [-0.2, -0.15) is 0 Å². The molecule has 0 aromatic carbocycles. The number of amides is 1. The fourth-order valence-corrected chi connectivity index (χ4v) is 3.06. The minimum atomic E-state index is 0. The lowest BCUT2D eigenvalue weighted by Gasteiger charge is -2.27. The molecule has 1 saturated carbocycles. The first-order valence-electron chi connectivity index (χ1n) is 8.35. The zero-order valence-corrected chi connectivity index (χ0v) is 16.0. The highest BCUT2D eigenvalue weighted by Gasteiger charge is 2.25. The Morgan fingerprint density at radius 3 is 2.45 bits per heavy atom. The molecule has 1 fully saturated rings. The number of hydrogen-bond acceptors (Lipinski definition) is 3. The van der Waals surface area contributed by atoms with Crippen molar-refractivity contribution in [3.05, 3.63) is 0 Å². The Bertz CT molecular complexity index is 289. The molecule has 0 bridgehead atoms. The van der Waals surface area contributed by atoms with Crippen molar-refractivity contribution in [1.82, 2.24) is 10.2 Å². The van der Waals surface area contributed by atoms with Gasteiger partial charge in [0.15, 0.2) is 0 Å². The summed E-state index contributed by atoms with van der Waals surface area (Å²) in [5.74, 6) is 0.361. The lowest BCUT2D eigenvalue weighted by molar-refractivity contribution is -0.126. The second-order valence-corrected chi connectivity index (χ2v) is 6.20. The van der Waals surface area contributed by atoms with Crippen molar-refractivity contribution in [3.8, 4) is 0 Å². The smallest absolute Gasteiger partial charge is 0.223 e. The van der Waals surface area contributed by atoms with Gasteiger partial charge in [0.1, 0.15) is 0 Å². The zero-order valence-electron chi connectivity index (χ0n) is 14.3. The summed E-state index contributed by atoms with van der Waals surface area (Å²) in [7, 11) is 0. The molecule has 3 atom stereocenters. The Morgan fingerprint density at radius 1 is 1.27 bits per heavy atom. The molecule has 134 valence electrons. The van der Waals surface area contributed by atoms with Crippen LogP contribution < -0.4 is 11.1 Å². The van der Waals surface area contributed by atoms with E-state index in [9.17, 15) is 4.79 Å². The van der Waals surface area contributed by atoms with E-state index in [0.717, 1.165) is 58.2 Å². The molecule has 0 aliphatic heterocycles. The Hall–Kier alpha value is -0.0300. The van der Waals surface area contributed by atoms with Gasteiger partial charge in [-0.25, -0.2) is 0 Å². The number of carbonyl (C=O) groups excluding carboxylic acids is 1. The molecule has 1 rings (SSSR count). The van der Waals surface area contributed by atoms with Crippen LogP contribution in [0.3, 0.4) is 0 Å². The van der Waals surface area contributed by atoms with E-state index in [-0.39, 0.29) is 48.7 Å². The van der Waals surface area contributed by atoms with Gasteiger partial charge in [-0.15, -0.1) is 24.8 Å². The van der Waals surface area contributed by atoms with Crippen LogP contribution in [0.25, 0.3) is 0 Å². The number of nitrogens with one attached hydrogen (secondary N) is 1. The van der Waals surface area contributed by atoms with Crippen molar-refractivity contribution in [2.45, 2.75) is 71.4 Å². The van der Waals surface area contributed by atoms with Gasteiger partial charge in [0.25, 0.3) is 0 Å². The van der Waals surface area contributed by atoms with Crippen LogP contribution in [0.15, 0.2) is 0 Å².